The average Bonchev–Trinajstić information content (AvgIpc) is 2.91. The van der Waals surface area contributed by atoms with Gasteiger partial charge in [0.2, 0.25) is 0 Å². The molecule has 0 fully saturated rings. The lowest BCUT2D eigenvalue weighted by Crippen LogP contribution is -2.18. The maximum Gasteiger partial charge on any atom is 0.143 e. The van der Waals surface area contributed by atoms with Crippen LogP contribution in [-0.4, -0.2) is 20.1 Å². The zero-order valence-electron chi connectivity index (χ0n) is 14.8. The third kappa shape index (κ3) is 3.58. The number of phenolic OH excluding ortho intramolecular Hbond substituents is 1. The van der Waals surface area contributed by atoms with Crippen LogP contribution >= 0.6 is 0 Å². The van der Waals surface area contributed by atoms with Gasteiger partial charge < -0.3 is 5.11 Å². The van der Waals surface area contributed by atoms with Crippen LogP contribution in [0.25, 0.3) is 16.7 Å². The first kappa shape index (κ1) is 16.5. The number of fused-ring (bicyclic) bond motifs is 1. The van der Waals surface area contributed by atoms with E-state index in [4.69, 9.17) is 0 Å². The van der Waals surface area contributed by atoms with Gasteiger partial charge in [-0.2, -0.15) is 0 Å². The van der Waals surface area contributed by atoms with Gasteiger partial charge in [0.25, 0.3) is 0 Å². The Hall–Kier alpha value is -2.36. The molecule has 1 N–H and O–H groups in total. The summed E-state index contributed by atoms with van der Waals surface area (Å²) in [5.74, 6) is 0.857. The van der Waals surface area contributed by atoms with Gasteiger partial charge in [0.15, 0.2) is 0 Å². The van der Waals surface area contributed by atoms with E-state index in [1.807, 2.05) is 36.4 Å². The zero-order valence-corrected chi connectivity index (χ0v) is 14.8. The van der Waals surface area contributed by atoms with Crippen LogP contribution in [0.5, 0.6) is 5.75 Å². The van der Waals surface area contributed by atoms with Crippen molar-refractivity contribution in [2.45, 2.75) is 40.5 Å². The monoisotopic (exact) mass is 323 g/mol. The van der Waals surface area contributed by atoms with E-state index in [2.05, 4.69) is 37.9 Å². The highest BCUT2D eigenvalue weighted by Crippen LogP contribution is 2.32. The Kier molecular flexibility index (Phi) is 4.31. The molecule has 0 aliphatic heterocycles. The normalized spacial score (nSPS) is 12.2. The van der Waals surface area contributed by atoms with Crippen LogP contribution in [0.1, 0.15) is 39.7 Å². The van der Waals surface area contributed by atoms with Crippen LogP contribution in [0.15, 0.2) is 42.5 Å². The first-order chi connectivity index (χ1) is 11.3. The molecule has 4 heteroatoms. The fourth-order valence-corrected chi connectivity index (χ4v) is 3.54. The summed E-state index contributed by atoms with van der Waals surface area (Å²) in [4.78, 5) is 1.53. The summed E-state index contributed by atoms with van der Waals surface area (Å²) in [6, 6.07) is 13.4. The Bertz CT molecular complexity index is 816. The summed E-state index contributed by atoms with van der Waals surface area (Å²) in [6.45, 7) is 9.09. The molecule has 4 nitrogen and oxygen atoms in total. The summed E-state index contributed by atoms with van der Waals surface area (Å²) < 4.78 is 0. The smallest absolute Gasteiger partial charge is 0.143 e. The van der Waals surface area contributed by atoms with E-state index in [0.29, 0.717) is 11.6 Å². The molecule has 0 saturated heterocycles. The van der Waals surface area contributed by atoms with Crippen molar-refractivity contribution in [3.8, 4) is 11.4 Å². The number of rotatable bonds is 5. The van der Waals surface area contributed by atoms with Gasteiger partial charge in [0.05, 0.1) is 0 Å². The maximum atomic E-state index is 10.3. The van der Waals surface area contributed by atoms with Crippen molar-refractivity contribution >= 4 is 11.0 Å². The molecule has 3 aromatic rings. The quantitative estimate of drug-likeness (QED) is 0.738. The van der Waals surface area contributed by atoms with Gasteiger partial charge in [-0.3, -0.25) is 0 Å². The number of phenols is 1. The van der Waals surface area contributed by atoms with Crippen LogP contribution in [-0.2, 0) is 6.42 Å². The van der Waals surface area contributed by atoms with Crippen LogP contribution in [0, 0.1) is 11.3 Å². The predicted octanol–water partition coefficient (Wildman–Crippen LogP) is 4.74. The number of nitrogens with zero attached hydrogens (tertiary/aromatic N) is 3. The Morgan fingerprint density at radius 3 is 2.25 bits per heavy atom. The fraction of sp³-hybridized carbons (Fsp3) is 0.400. The molecule has 0 atom stereocenters. The molecule has 1 aromatic heterocycles. The van der Waals surface area contributed by atoms with E-state index in [1.165, 1.54) is 10.4 Å². The SMILES string of the molecule is CC(C)CC(C)(C)Cc1ccc(O)c(-n2nc3ccccc3n2)c1. The van der Waals surface area contributed by atoms with Crippen molar-refractivity contribution in [3.05, 3.63) is 48.0 Å². The molecule has 0 spiro atoms. The van der Waals surface area contributed by atoms with E-state index in [0.717, 1.165) is 23.9 Å². The topological polar surface area (TPSA) is 50.9 Å². The second-order valence-corrected chi connectivity index (χ2v) is 7.74. The minimum absolute atomic E-state index is 0.195. The molecule has 0 radical (unpaired) electrons. The number of benzene rings is 2. The highest BCUT2D eigenvalue weighted by Gasteiger charge is 2.21. The minimum atomic E-state index is 0.195. The lowest BCUT2D eigenvalue weighted by Gasteiger charge is -2.27. The maximum absolute atomic E-state index is 10.3. The van der Waals surface area contributed by atoms with Crippen molar-refractivity contribution in [3.63, 3.8) is 0 Å². The summed E-state index contributed by atoms with van der Waals surface area (Å²) in [7, 11) is 0. The van der Waals surface area contributed by atoms with E-state index in [9.17, 15) is 5.11 Å². The Balaban J connectivity index is 1.94. The van der Waals surface area contributed by atoms with E-state index in [1.54, 1.807) is 6.07 Å². The van der Waals surface area contributed by atoms with Crippen molar-refractivity contribution in [1.82, 2.24) is 15.0 Å². The van der Waals surface area contributed by atoms with Crippen molar-refractivity contribution in [2.75, 3.05) is 0 Å². The minimum Gasteiger partial charge on any atom is -0.506 e. The molecule has 0 bridgehead atoms. The second kappa shape index (κ2) is 6.27. The Morgan fingerprint density at radius 2 is 1.67 bits per heavy atom. The number of aromatic hydroxyl groups is 1. The number of hydrogen-bond donors (Lipinski definition) is 1. The first-order valence-corrected chi connectivity index (χ1v) is 8.48. The lowest BCUT2D eigenvalue weighted by molar-refractivity contribution is 0.285. The molecular weight excluding hydrogens is 298 g/mol. The number of hydrogen-bond acceptors (Lipinski definition) is 3. The average molecular weight is 323 g/mol. The van der Waals surface area contributed by atoms with Crippen LogP contribution in [0.2, 0.25) is 0 Å². The van der Waals surface area contributed by atoms with Crippen molar-refractivity contribution in [2.24, 2.45) is 11.3 Å². The molecule has 0 unspecified atom stereocenters. The van der Waals surface area contributed by atoms with Gasteiger partial charge in [-0.05, 0) is 54.0 Å². The Morgan fingerprint density at radius 1 is 1.04 bits per heavy atom. The zero-order chi connectivity index (χ0) is 17.3. The van der Waals surface area contributed by atoms with Crippen LogP contribution in [0.3, 0.4) is 0 Å². The molecule has 0 amide bonds. The predicted molar refractivity (Wildman–Crippen MR) is 97.5 cm³/mol. The van der Waals surface area contributed by atoms with Crippen molar-refractivity contribution < 1.29 is 5.11 Å². The molecule has 3 rings (SSSR count). The lowest BCUT2D eigenvalue weighted by atomic mass is 9.79. The third-order valence-corrected chi connectivity index (χ3v) is 4.19. The van der Waals surface area contributed by atoms with Crippen LogP contribution < -0.4 is 0 Å². The van der Waals surface area contributed by atoms with E-state index >= 15 is 0 Å². The first-order valence-electron chi connectivity index (χ1n) is 8.48. The van der Waals surface area contributed by atoms with Crippen molar-refractivity contribution in [1.29, 1.82) is 0 Å². The van der Waals surface area contributed by atoms with Gasteiger partial charge in [-0.1, -0.05) is 45.9 Å². The molecule has 1 heterocycles. The second-order valence-electron chi connectivity index (χ2n) is 7.74. The van der Waals surface area contributed by atoms with Gasteiger partial charge in [0.1, 0.15) is 22.5 Å². The third-order valence-electron chi connectivity index (χ3n) is 4.19. The summed E-state index contributed by atoms with van der Waals surface area (Å²) in [5, 5.41) is 19.2. The largest absolute Gasteiger partial charge is 0.506 e. The fourth-order valence-electron chi connectivity index (χ4n) is 3.54. The molecule has 24 heavy (non-hydrogen) atoms. The summed E-state index contributed by atoms with van der Waals surface area (Å²) in [5.41, 5.74) is 3.67. The van der Waals surface area contributed by atoms with Gasteiger partial charge in [-0.25, -0.2) is 0 Å². The van der Waals surface area contributed by atoms with Gasteiger partial charge in [0, 0.05) is 0 Å². The molecular formula is C20H25N3O. The molecule has 2 aromatic carbocycles. The summed E-state index contributed by atoms with van der Waals surface area (Å²) in [6.07, 6.45) is 2.12. The molecule has 126 valence electrons. The highest BCUT2D eigenvalue weighted by molar-refractivity contribution is 5.73. The van der Waals surface area contributed by atoms with Gasteiger partial charge in [-0.15, -0.1) is 15.0 Å². The van der Waals surface area contributed by atoms with Gasteiger partial charge >= 0.3 is 0 Å². The Labute approximate surface area is 143 Å². The van der Waals surface area contributed by atoms with Crippen LogP contribution in [0.4, 0.5) is 0 Å². The molecule has 0 aliphatic carbocycles. The summed E-state index contributed by atoms with van der Waals surface area (Å²) >= 11 is 0. The number of aromatic nitrogens is 3. The molecule has 0 saturated carbocycles. The standard InChI is InChI=1S/C20H25N3O/c1-14(2)12-20(3,4)13-15-9-10-19(24)18(11-15)23-21-16-7-5-6-8-17(16)22-23/h5-11,14,24H,12-13H2,1-4H3. The highest BCUT2D eigenvalue weighted by atomic mass is 16.3. The molecule has 0 aliphatic rings. The van der Waals surface area contributed by atoms with E-state index < -0.39 is 0 Å². The van der Waals surface area contributed by atoms with E-state index in [-0.39, 0.29) is 11.2 Å².